The van der Waals surface area contributed by atoms with Crippen LogP contribution in [0.1, 0.15) is 162 Å². The summed E-state index contributed by atoms with van der Waals surface area (Å²) in [5, 5.41) is 0. The van der Waals surface area contributed by atoms with E-state index in [4.69, 9.17) is 9.47 Å². The molecule has 0 saturated carbocycles. The lowest BCUT2D eigenvalue weighted by Crippen LogP contribution is -2.11. The number of unbranched alkanes of at least 4 members (excludes halogenated alkanes) is 19. The molecule has 196 valence electrons. The Morgan fingerprint density at radius 3 is 0.909 bits per heavy atom. The van der Waals surface area contributed by atoms with Crippen molar-refractivity contribution in [3.8, 4) is 0 Å². The molecule has 0 atom stereocenters. The van der Waals surface area contributed by atoms with Crippen molar-refractivity contribution in [1.82, 2.24) is 0 Å². The first kappa shape index (κ1) is 31.9. The highest BCUT2D eigenvalue weighted by Crippen LogP contribution is 2.13. The van der Waals surface area contributed by atoms with Crippen LogP contribution < -0.4 is 0 Å². The third kappa shape index (κ3) is 27.1. The maximum absolute atomic E-state index is 11.7. The minimum absolute atomic E-state index is 0.132. The van der Waals surface area contributed by atoms with Gasteiger partial charge in [-0.05, 0) is 12.8 Å². The number of ether oxygens (including phenoxy) is 2. The van der Waals surface area contributed by atoms with Crippen molar-refractivity contribution >= 4 is 11.9 Å². The summed E-state index contributed by atoms with van der Waals surface area (Å²) in [5.41, 5.74) is 0. The summed E-state index contributed by atoms with van der Waals surface area (Å²) in [6.07, 6.45) is 27.1. The summed E-state index contributed by atoms with van der Waals surface area (Å²) in [4.78, 5) is 23.4. The zero-order valence-electron chi connectivity index (χ0n) is 22.3. The molecule has 0 N–H and O–H groups in total. The van der Waals surface area contributed by atoms with Crippen LogP contribution in [0, 0.1) is 0 Å². The minimum atomic E-state index is -0.285. The second-order valence-electron chi connectivity index (χ2n) is 9.66. The molecule has 0 heterocycles. The highest BCUT2D eigenvalue weighted by Gasteiger charge is 2.09. The van der Waals surface area contributed by atoms with Crippen LogP contribution in [-0.2, 0) is 19.1 Å². The van der Waals surface area contributed by atoms with E-state index in [0.29, 0.717) is 13.2 Å². The fourth-order valence-corrected chi connectivity index (χ4v) is 4.08. The van der Waals surface area contributed by atoms with E-state index in [2.05, 4.69) is 13.8 Å². The summed E-state index contributed by atoms with van der Waals surface area (Å²) in [7, 11) is 0. The zero-order valence-corrected chi connectivity index (χ0v) is 22.3. The normalized spacial score (nSPS) is 11.0. The molecule has 0 fully saturated rings. The molecule has 0 rings (SSSR count). The summed E-state index contributed by atoms with van der Waals surface area (Å²) in [6.45, 7) is 5.42. The minimum Gasteiger partial charge on any atom is -0.466 e. The number of hydrogen-bond acceptors (Lipinski definition) is 4. The van der Waals surface area contributed by atoms with Gasteiger partial charge in [0.2, 0.25) is 0 Å². The molecule has 0 aliphatic heterocycles. The van der Waals surface area contributed by atoms with Crippen molar-refractivity contribution in [3.63, 3.8) is 0 Å². The van der Waals surface area contributed by atoms with Gasteiger partial charge in [0.25, 0.3) is 0 Å². The van der Waals surface area contributed by atoms with Crippen LogP contribution in [0.25, 0.3) is 0 Å². The van der Waals surface area contributed by atoms with E-state index in [-0.39, 0.29) is 24.8 Å². The lowest BCUT2D eigenvalue weighted by Gasteiger charge is -2.06. The van der Waals surface area contributed by atoms with Gasteiger partial charge in [-0.25, -0.2) is 0 Å². The standard InChI is InChI=1S/C29H56O4/c1-3-5-7-9-11-12-13-14-15-16-17-18-19-21-23-27-33-29(31)25-24-28(30)32-26-22-20-10-8-6-4-2/h3-27H2,1-2H3. The highest BCUT2D eigenvalue weighted by molar-refractivity contribution is 5.77. The number of esters is 2. The Balaban J connectivity index is 3.26. The Labute approximate surface area is 206 Å². The van der Waals surface area contributed by atoms with Crippen molar-refractivity contribution in [1.29, 1.82) is 0 Å². The second kappa shape index (κ2) is 27.2. The zero-order chi connectivity index (χ0) is 24.2. The molecule has 0 aliphatic carbocycles. The average molecular weight is 469 g/mol. The number of carbonyl (C=O) groups is 2. The van der Waals surface area contributed by atoms with Gasteiger partial charge in [0.05, 0.1) is 26.1 Å². The molecule has 0 aliphatic rings. The third-order valence-electron chi connectivity index (χ3n) is 6.31. The maximum atomic E-state index is 11.7. The first-order chi connectivity index (χ1) is 16.2. The quantitative estimate of drug-likeness (QED) is 0.0938. The van der Waals surface area contributed by atoms with E-state index in [0.717, 1.165) is 25.7 Å². The molecule has 0 spiro atoms. The monoisotopic (exact) mass is 468 g/mol. The molecule has 0 saturated heterocycles. The molecule has 33 heavy (non-hydrogen) atoms. The Morgan fingerprint density at radius 1 is 0.394 bits per heavy atom. The Morgan fingerprint density at radius 2 is 0.636 bits per heavy atom. The summed E-state index contributed by atoms with van der Waals surface area (Å²) in [5.74, 6) is -0.565. The largest absolute Gasteiger partial charge is 0.466 e. The Kier molecular flexibility index (Phi) is 26.3. The molecule has 0 bridgehead atoms. The number of rotatable bonds is 26. The van der Waals surface area contributed by atoms with Crippen molar-refractivity contribution in [2.75, 3.05) is 13.2 Å². The highest BCUT2D eigenvalue weighted by atomic mass is 16.5. The fraction of sp³-hybridized carbons (Fsp3) is 0.931. The van der Waals surface area contributed by atoms with Crippen molar-refractivity contribution < 1.29 is 19.1 Å². The van der Waals surface area contributed by atoms with Crippen LogP contribution in [0.4, 0.5) is 0 Å². The number of hydrogen-bond donors (Lipinski definition) is 0. The van der Waals surface area contributed by atoms with Crippen LogP contribution in [0.5, 0.6) is 0 Å². The van der Waals surface area contributed by atoms with Crippen molar-refractivity contribution in [2.24, 2.45) is 0 Å². The van der Waals surface area contributed by atoms with E-state index in [1.165, 1.54) is 109 Å². The molecule has 0 radical (unpaired) electrons. The molecule has 4 heteroatoms. The van der Waals surface area contributed by atoms with Crippen LogP contribution >= 0.6 is 0 Å². The summed E-state index contributed by atoms with van der Waals surface area (Å²) >= 11 is 0. The SMILES string of the molecule is CCCCCCCCCCCCCCCCCOC(=O)CCC(=O)OCCCCCCCC. The van der Waals surface area contributed by atoms with Crippen LogP contribution in [0.2, 0.25) is 0 Å². The van der Waals surface area contributed by atoms with Crippen LogP contribution in [0.3, 0.4) is 0 Å². The first-order valence-corrected chi connectivity index (χ1v) is 14.5. The predicted octanol–water partition coefficient (Wildman–Crippen LogP) is 9.08. The number of carbonyl (C=O) groups excluding carboxylic acids is 2. The smallest absolute Gasteiger partial charge is 0.306 e. The van der Waals surface area contributed by atoms with Gasteiger partial charge >= 0.3 is 11.9 Å². The van der Waals surface area contributed by atoms with Crippen molar-refractivity contribution in [3.05, 3.63) is 0 Å². The lowest BCUT2D eigenvalue weighted by molar-refractivity contribution is -0.150. The van der Waals surface area contributed by atoms with E-state index < -0.39 is 0 Å². The van der Waals surface area contributed by atoms with Crippen LogP contribution in [0.15, 0.2) is 0 Å². The van der Waals surface area contributed by atoms with E-state index in [1.54, 1.807) is 0 Å². The maximum Gasteiger partial charge on any atom is 0.306 e. The molecular formula is C29H56O4. The summed E-state index contributed by atoms with van der Waals surface area (Å²) in [6, 6.07) is 0. The van der Waals surface area contributed by atoms with Crippen LogP contribution in [-0.4, -0.2) is 25.2 Å². The second-order valence-corrected chi connectivity index (χ2v) is 9.66. The van der Waals surface area contributed by atoms with Gasteiger partial charge in [-0.3, -0.25) is 9.59 Å². The Bertz CT molecular complexity index is 422. The van der Waals surface area contributed by atoms with E-state index in [1.807, 2.05) is 0 Å². The van der Waals surface area contributed by atoms with Gasteiger partial charge in [-0.15, -0.1) is 0 Å². The molecule has 4 nitrogen and oxygen atoms in total. The average Bonchev–Trinajstić information content (AvgIpc) is 2.82. The first-order valence-electron chi connectivity index (χ1n) is 14.5. The molecular weight excluding hydrogens is 412 g/mol. The summed E-state index contributed by atoms with van der Waals surface area (Å²) < 4.78 is 10.4. The van der Waals surface area contributed by atoms with Gasteiger partial charge in [0, 0.05) is 0 Å². The molecule has 0 aromatic heterocycles. The molecule has 0 amide bonds. The van der Waals surface area contributed by atoms with Gasteiger partial charge in [-0.1, -0.05) is 136 Å². The van der Waals surface area contributed by atoms with Gasteiger partial charge in [0.1, 0.15) is 0 Å². The molecule has 0 unspecified atom stereocenters. The lowest BCUT2D eigenvalue weighted by atomic mass is 10.0. The third-order valence-corrected chi connectivity index (χ3v) is 6.31. The Hall–Kier alpha value is -1.06. The predicted molar refractivity (Wildman–Crippen MR) is 139 cm³/mol. The molecule has 0 aromatic rings. The molecule has 0 aromatic carbocycles. The van der Waals surface area contributed by atoms with E-state index >= 15 is 0 Å². The fourth-order valence-electron chi connectivity index (χ4n) is 4.08. The topological polar surface area (TPSA) is 52.6 Å². The van der Waals surface area contributed by atoms with Gasteiger partial charge in [0.15, 0.2) is 0 Å². The van der Waals surface area contributed by atoms with E-state index in [9.17, 15) is 9.59 Å². The van der Waals surface area contributed by atoms with Gasteiger partial charge < -0.3 is 9.47 Å². The van der Waals surface area contributed by atoms with Crippen molar-refractivity contribution in [2.45, 2.75) is 162 Å². The van der Waals surface area contributed by atoms with Gasteiger partial charge in [-0.2, -0.15) is 0 Å².